The fourth-order valence-electron chi connectivity index (χ4n) is 2.90. The summed E-state index contributed by atoms with van der Waals surface area (Å²) in [7, 11) is 0. The van der Waals surface area contributed by atoms with Crippen molar-refractivity contribution in [2.24, 2.45) is 5.10 Å². The molecule has 3 aromatic carbocycles. The molecule has 0 atom stereocenters. The molecule has 0 fully saturated rings. The number of carbonyl (C=O) groups excluding carboxylic acids is 1. The van der Waals surface area contributed by atoms with Crippen LogP contribution in [0.1, 0.15) is 36.5 Å². The molecule has 0 saturated carbocycles. The van der Waals surface area contributed by atoms with Crippen molar-refractivity contribution < 1.29 is 14.6 Å². The van der Waals surface area contributed by atoms with Gasteiger partial charge in [-0.2, -0.15) is 5.10 Å². The highest BCUT2D eigenvalue weighted by molar-refractivity contribution is 6.02. The number of benzene rings is 3. The Labute approximate surface area is 164 Å². The van der Waals surface area contributed by atoms with Gasteiger partial charge in [-0.05, 0) is 46.9 Å². The molecule has 0 unspecified atom stereocenters. The molecule has 0 aliphatic heterocycles. The fourth-order valence-corrected chi connectivity index (χ4v) is 2.90. The lowest BCUT2D eigenvalue weighted by molar-refractivity contribution is -0.123. The van der Waals surface area contributed by atoms with Gasteiger partial charge in [0.2, 0.25) is 0 Å². The Kier molecular flexibility index (Phi) is 5.94. The zero-order chi connectivity index (χ0) is 20.1. The molecule has 28 heavy (non-hydrogen) atoms. The van der Waals surface area contributed by atoms with Gasteiger partial charge in [-0.3, -0.25) is 4.79 Å². The number of carbonyl (C=O) groups is 1. The summed E-state index contributed by atoms with van der Waals surface area (Å²) in [6, 6.07) is 17.1. The topological polar surface area (TPSA) is 70.9 Å². The number of ether oxygens (including phenoxy) is 1. The average Bonchev–Trinajstić information content (AvgIpc) is 2.69. The maximum atomic E-state index is 12.1. The number of nitrogens with one attached hydrogen (secondary N) is 1. The van der Waals surface area contributed by atoms with Gasteiger partial charge in [0, 0.05) is 5.56 Å². The molecule has 5 heteroatoms. The Morgan fingerprint density at radius 3 is 2.75 bits per heavy atom. The van der Waals surface area contributed by atoms with Crippen molar-refractivity contribution in [3.63, 3.8) is 0 Å². The first kappa shape index (κ1) is 19.4. The van der Waals surface area contributed by atoms with Crippen LogP contribution in [0.4, 0.5) is 0 Å². The highest BCUT2D eigenvalue weighted by atomic mass is 16.5. The van der Waals surface area contributed by atoms with E-state index in [4.69, 9.17) is 4.74 Å². The van der Waals surface area contributed by atoms with Gasteiger partial charge < -0.3 is 9.84 Å². The van der Waals surface area contributed by atoms with E-state index in [9.17, 15) is 9.90 Å². The summed E-state index contributed by atoms with van der Waals surface area (Å²) in [6.45, 7) is 6.02. The third-order valence-corrected chi connectivity index (χ3v) is 4.57. The molecule has 5 nitrogen and oxygen atoms in total. The summed E-state index contributed by atoms with van der Waals surface area (Å²) in [5, 5.41) is 15.9. The van der Waals surface area contributed by atoms with Crippen LogP contribution in [-0.4, -0.2) is 23.8 Å². The van der Waals surface area contributed by atoms with Crippen LogP contribution >= 0.6 is 0 Å². The number of aryl methyl sites for hydroxylation is 1. The fraction of sp³-hybridized carbons (Fsp3) is 0.217. The number of phenols is 1. The second-order valence-corrected chi connectivity index (χ2v) is 6.98. The summed E-state index contributed by atoms with van der Waals surface area (Å²) >= 11 is 0. The standard InChI is InChI=1S/C23H24N2O3/c1-15(2)18-9-8-16(3)22(12-18)28-14-23(27)25-24-13-20-19-7-5-4-6-17(19)10-11-21(20)26/h4-13,15,26H,14H2,1-3H3,(H,25,27)/b24-13-. The molecular formula is C23H24N2O3. The molecule has 0 radical (unpaired) electrons. The first-order valence-electron chi connectivity index (χ1n) is 9.21. The summed E-state index contributed by atoms with van der Waals surface area (Å²) in [5.41, 5.74) is 5.13. The van der Waals surface area contributed by atoms with Gasteiger partial charge in [0.1, 0.15) is 11.5 Å². The maximum Gasteiger partial charge on any atom is 0.277 e. The first-order chi connectivity index (χ1) is 13.5. The van der Waals surface area contributed by atoms with Gasteiger partial charge in [0.25, 0.3) is 5.91 Å². The van der Waals surface area contributed by atoms with Crippen LogP contribution in [0.25, 0.3) is 10.8 Å². The van der Waals surface area contributed by atoms with Crippen LogP contribution in [0, 0.1) is 6.92 Å². The molecule has 144 valence electrons. The van der Waals surface area contributed by atoms with Crippen molar-refractivity contribution in [3.05, 3.63) is 71.3 Å². The monoisotopic (exact) mass is 376 g/mol. The number of aromatic hydroxyl groups is 1. The molecular weight excluding hydrogens is 352 g/mol. The second-order valence-electron chi connectivity index (χ2n) is 6.98. The van der Waals surface area contributed by atoms with E-state index in [1.807, 2.05) is 49.4 Å². The Bertz CT molecular complexity index is 1030. The van der Waals surface area contributed by atoms with Crippen LogP contribution in [-0.2, 0) is 4.79 Å². The van der Waals surface area contributed by atoms with Crippen LogP contribution in [0.2, 0.25) is 0 Å². The lowest BCUT2D eigenvalue weighted by atomic mass is 10.0. The third kappa shape index (κ3) is 4.49. The normalized spacial score (nSPS) is 11.3. The SMILES string of the molecule is Cc1ccc(C(C)C)cc1OCC(=O)N/N=C\c1c(O)ccc2ccccc12. The Balaban J connectivity index is 1.64. The van der Waals surface area contributed by atoms with E-state index in [0.717, 1.165) is 21.9 Å². The van der Waals surface area contributed by atoms with Crippen molar-refractivity contribution in [2.75, 3.05) is 6.61 Å². The van der Waals surface area contributed by atoms with E-state index in [2.05, 4.69) is 30.4 Å². The highest BCUT2D eigenvalue weighted by Gasteiger charge is 2.08. The number of fused-ring (bicyclic) bond motifs is 1. The highest BCUT2D eigenvalue weighted by Crippen LogP contribution is 2.26. The molecule has 2 N–H and O–H groups in total. The van der Waals surface area contributed by atoms with Gasteiger partial charge in [0.05, 0.1) is 6.21 Å². The van der Waals surface area contributed by atoms with Crippen molar-refractivity contribution in [1.29, 1.82) is 0 Å². The second kappa shape index (κ2) is 8.57. The molecule has 0 aliphatic rings. The Hall–Kier alpha value is -3.34. The first-order valence-corrected chi connectivity index (χ1v) is 9.21. The van der Waals surface area contributed by atoms with Crippen LogP contribution in [0.5, 0.6) is 11.5 Å². The van der Waals surface area contributed by atoms with E-state index in [1.165, 1.54) is 6.21 Å². The summed E-state index contributed by atoms with van der Waals surface area (Å²) in [6.07, 6.45) is 1.44. The van der Waals surface area contributed by atoms with Crippen LogP contribution in [0.15, 0.2) is 59.7 Å². The quantitative estimate of drug-likeness (QED) is 0.491. The molecule has 0 aliphatic carbocycles. The molecule has 3 rings (SSSR count). The van der Waals surface area contributed by atoms with Crippen LogP contribution in [0.3, 0.4) is 0 Å². The Morgan fingerprint density at radius 2 is 1.96 bits per heavy atom. The van der Waals surface area contributed by atoms with Crippen molar-refractivity contribution >= 4 is 22.9 Å². The Morgan fingerprint density at radius 1 is 1.18 bits per heavy atom. The number of amides is 1. The lowest BCUT2D eigenvalue weighted by Gasteiger charge is -2.12. The molecule has 0 saturated heterocycles. The number of hydrogen-bond acceptors (Lipinski definition) is 4. The predicted octanol–water partition coefficient (Wildman–Crippen LogP) is 4.51. The third-order valence-electron chi connectivity index (χ3n) is 4.57. The van der Waals surface area contributed by atoms with Crippen molar-refractivity contribution in [3.8, 4) is 11.5 Å². The van der Waals surface area contributed by atoms with Gasteiger partial charge in [-0.25, -0.2) is 5.43 Å². The summed E-state index contributed by atoms with van der Waals surface area (Å²) < 4.78 is 5.65. The average molecular weight is 376 g/mol. The lowest BCUT2D eigenvalue weighted by Crippen LogP contribution is -2.24. The minimum atomic E-state index is -0.370. The molecule has 0 bridgehead atoms. The largest absolute Gasteiger partial charge is 0.507 e. The zero-order valence-electron chi connectivity index (χ0n) is 16.3. The number of phenolic OH excluding ortho intramolecular Hbond substituents is 1. The maximum absolute atomic E-state index is 12.1. The zero-order valence-corrected chi connectivity index (χ0v) is 16.3. The number of rotatable bonds is 6. The van der Waals surface area contributed by atoms with Gasteiger partial charge >= 0.3 is 0 Å². The van der Waals surface area contributed by atoms with E-state index in [1.54, 1.807) is 6.07 Å². The molecule has 0 spiro atoms. The summed E-state index contributed by atoms with van der Waals surface area (Å²) in [4.78, 5) is 12.1. The smallest absolute Gasteiger partial charge is 0.277 e. The van der Waals surface area contributed by atoms with Gasteiger partial charge in [-0.1, -0.05) is 56.3 Å². The number of nitrogens with zero attached hydrogens (tertiary/aromatic N) is 1. The molecule has 1 amide bonds. The van der Waals surface area contributed by atoms with Crippen molar-refractivity contribution in [1.82, 2.24) is 5.43 Å². The van der Waals surface area contributed by atoms with Gasteiger partial charge in [0.15, 0.2) is 6.61 Å². The number of hydrogen-bond donors (Lipinski definition) is 2. The van der Waals surface area contributed by atoms with Crippen LogP contribution < -0.4 is 10.2 Å². The molecule has 0 heterocycles. The van der Waals surface area contributed by atoms with Crippen molar-refractivity contribution in [2.45, 2.75) is 26.7 Å². The van der Waals surface area contributed by atoms with Gasteiger partial charge in [-0.15, -0.1) is 0 Å². The summed E-state index contributed by atoms with van der Waals surface area (Å²) in [5.74, 6) is 0.811. The minimum absolute atomic E-state index is 0.106. The van der Waals surface area contributed by atoms with E-state index < -0.39 is 0 Å². The molecule has 3 aromatic rings. The van der Waals surface area contributed by atoms with E-state index >= 15 is 0 Å². The predicted molar refractivity (Wildman–Crippen MR) is 112 cm³/mol. The minimum Gasteiger partial charge on any atom is -0.507 e. The molecule has 0 aromatic heterocycles. The van der Waals surface area contributed by atoms with E-state index in [-0.39, 0.29) is 18.3 Å². The van der Waals surface area contributed by atoms with E-state index in [0.29, 0.717) is 17.2 Å². The number of hydrazone groups is 1.